The number of carbonyl (C=O) groups excluding carboxylic acids is 1. The standard InChI is InChI=1S/C19H11N3O4S2/c23-14-5-4-11(9-12(14)18(25)26)22-17(24)15(28-19(22)27)8-10-2-1-3-13-16(10)21-7-6-20-13/h1-9,23H,(H,25,26). The Morgan fingerprint density at radius 3 is 2.75 bits per heavy atom. The number of benzene rings is 2. The fourth-order valence-corrected chi connectivity index (χ4v) is 4.09. The molecular formula is C19H11N3O4S2. The number of rotatable bonds is 3. The number of anilines is 1. The summed E-state index contributed by atoms with van der Waals surface area (Å²) in [6.07, 6.45) is 4.86. The van der Waals surface area contributed by atoms with Crippen LogP contribution in [0.25, 0.3) is 17.1 Å². The van der Waals surface area contributed by atoms with Gasteiger partial charge in [0.1, 0.15) is 11.3 Å². The molecule has 4 rings (SSSR count). The van der Waals surface area contributed by atoms with Gasteiger partial charge in [-0.05, 0) is 30.3 Å². The average molecular weight is 409 g/mol. The highest BCUT2D eigenvalue weighted by atomic mass is 32.2. The number of amides is 1. The summed E-state index contributed by atoms with van der Waals surface area (Å²) in [5.74, 6) is -2.06. The lowest BCUT2D eigenvalue weighted by Crippen LogP contribution is -2.27. The molecule has 0 unspecified atom stereocenters. The second-order valence-electron chi connectivity index (χ2n) is 5.80. The van der Waals surface area contributed by atoms with Crippen molar-refractivity contribution in [3.8, 4) is 5.75 Å². The second kappa shape index (κ2) is 7.02. The highest BCUT2D eigenvalue weighted by molar-refractivity contribution is 8.27. The van der Waals surface area contributed by atoms with Crippen LogP contribution in [0, 0.1) is 0 Å². The van der Waals surface area contributed by atoms with Gasteiger partial charge < -0.3 is 10.2 Å². The van der Waals surface area contributed by atoms with Crippen molar-refractivity contribution in [2.24, 2.45) is 0 Å². The molecular weight excluding hydrogens is 398 g/mol. The molecule has 1 aromatic heterocycles. The summed E-state index contributed by atoms with van der Waals surface area (Å²) in [4.78, 5) is 34.4. The normalized spacial score (nSPS) is 15.6. The molecule has 7 nitrogen and oxygen atoms in total. The highest BCUT2D eigenvalue weighted by Gasteiger charge is 2.34. The second-order valence-corrected chi connectivity index (χ2v) is 7.47. The molecule has 1 aliphatic heterocycles. The van der Waals surface area contributed by atoms with E-state index in [-0.39, 0.29) is 27.2 Å². The Balaban J connectivity index is 1.74. The number of aromatic carboxylic acids is 1. The molecule has 28 heavy (non-hydrogen) atoms. The van der Waals surface area contributed by atoms with E-state index in [1.54, 1.807) is 18.5 Å². The number of thiocarbonyl (C=S) groups is 1. The van der Waals surface area contributed by atoms with Crippen LogP contribution in [0.15, 0.2) is 53.7 Å². The van der Waals surface area contributed by atoms with Crippen molar-refractivity contribution < 1.29 is 19.8 Å². The third-order valence-electron chi connectivity index (χ3n) is 4.08. The van der Waals surface area contributed by atoms with Gasteiger partial charge in [-0.2, -0.15) is 0 Å². The van der Waals surface area contributed by atoms with Crippen LogP contribution >= 0.6 is 24.0 Å². The van der Waals surface area contributed by atoms with E-state index in [1.165, 1.54) is 23.1 Å². The summed E-state index contributed by atoms with van der Waals surface area (Å²) in [7, 11) is 0. The molecule has 0 aliphatic carbocycles. The summed E-state index contributed by atoms with van der Waals surface area (Å²) in [5, 5.41) is 18.9. The van der Waals surface area contributed by atoms with Crippen molar-refractivity contribution in [2.45, 2.75) is 0 Å². The number of carbonyl (C=O) groups is 2. The molecule has 9 heteroatoms. The Bertz CT molecular complexity index is 1190. The minimum absolute atomic E-state index is 0.268. The molecule has 0 saturated carbocycles. The first-order chi connectivity index (χ1) is 13.5. The van der Waals surface area contributed by atoms with Gasteiger partial charge in [0.05, 0.1) is 21.6 Å². The smallest absolute Gasteiger partial charge is 0.339 e. The Morgan fingerprint density at radius 1 is 1.18 bits per heavy atom. The van der Waals surface area contributed by atoms with Crippen LogP contribution in [-0.4, -0.2) is 36.4 Å². The lowest BCUT2D eigenvalue weighted by atomic mass is 10.1. The Hall–Kier alpha value is -3.30. The van der Waals surface area contributed by atoms with Crippen LogP contribution in [0.2, 0.25) is 0 Å². The van der Waals surface area contributed by atoms with E-state index in [0.29, 0.717) is 15.9 Å². The predicted molar refractivity (Wildman–Crippen MR) is 110 cm³/mol. The monoisotopic (exact) mass is 409 g/mol. The topological polar surface area (TPSA) is 104 Å². The lowest BCUT2D eigenvalue weighted by Gasteiger charge is -2.15. The van der Waals surface area contributed by atoms with Gasteiger partial charge in [-0.15, -0.1) is 0 Å². The molecule has 1 amide bonds. The Labute approximate surface area is 168 Å². The molecule has 2 aromatic carbocycles. The fraction of sp³-hybridized carbons (Fsp3) is 0. The van der Waals surface area contributed by atoms with E-state index < -0.39 is 5.97 Å². The summed E-state index contributed by atoms with van der Waals surface area (Å²) in [5.41, 5.74) is 2.06. The maximum Gasteiger partial charge on any atom is 0.339 e. The quantitative estimate of drug-likeness (QED) is 0.501. The average Bonchev–Trinajstić information content (AvgIpc) is 2.96. The Kier molecular flexibility index (Phi) is 4.54. The maximum absolute atomic E-state index is 12.9. The minimum atomic E-state index is -1.30. The van der Waals surface area contributed by atoms with E-state index in [9.17, 15) is 19.8 Å². The van der Waals surface area contributed by atoms with Crippen LogP contribution in [0.4, 0.5) is 5.69 Å². The van der Waals surface area contributed by atoms with Gasteiger partial charge in [0.25, 0.3) is 5.91 Å². The van der Waals surface area contributed by atoms with E-state index in [2.05, 4.69) is 9.97 Å². The van der Waals surface area contributed by atoms with Crippen molar-refractivity contribution >= 4 is 63.0 Å². The van der Waals surface area contributed by atoms with Crippen LogP contribution in [0.1, 0.15) is 15.9 Å². The highest BCUT2D eigenvalue weighted by Crippen LogP contribution is 2.37. The molecule has 0 bridgehead atoms. The van der Waals surface area contributed by atoms with Crippen molar-refractivity contribution in [1.29, 1.82) is 0 Å². The molecule has 2 heterocycles. The summed E-state index contributed by atoms with van der Waals surface area (Å²) in [6.45, 7) is 0. The number of para-hydroxylation sites is 1. The molecule has 1 aliphatic rings. The minimum Gasteiger partial charge on any atom is -0.507 e. The number of phenols is 1. The zero-order valence-electron chi connectivity index (χ0n) is 14.1. The first kappa shape index (κ1) is 18.1. The number of aromatic hydroxyl groups is 1. The first-order valence-electron chi connectivity index (χ1n) is 8.00. The zero-order valence-corrected chi connectivity index (χ0v) is 15.7. The first-order valence-corrected chi connectivity index (χ1v) is 9.22. The van der Waals surface area contributed by atoms with Gasteiger partial charge in [-0.3, -0.25) is 19.7 Å². The maximum atomic E-state index is 12.9. The van der Waals surface area contributed by atoms with Gasteiger partial charge in [-0.1, -0.05) is 36.1 Å². The van der Waals surface area contributed by atoms with Crippen molar-refractivity contribution in [2.75, 3.05) is 4.90 Å². The van der Waals surface area contributed by atoms with Gasteiger partial charge in [0.15, 0.2) is 4.32 Å². The molecule has 1 fully saturated rings. The van der Waals surface area contributed by atoms with E-state index in [0.717, 1.165) is 17.3 Å². The van der Waals surface area contributed by atoms with Gasteiger partial charge >= 0.3 is 5.97 Å². The third kappa shape index (κ3) is 3.10. The van der Waals surface area contributed by atoms with Crippen LogP contribution in [-0.2, 0) is 4.79 Å². The van der Waals surface area contributed by atoms with E-state index in [4.69, 9.17) is 12.2 Å². The number of carboxylic acid groups (broad SMARTS) is 1. The number of carboxylic acids is 1. The number of fused-ring (bicyclic) bond motifs is 1. The number of thioether (sulfide) groups is 1. The molecule has 0 radical (unpaired) electrons. The van der Waals surface area contributed by atoms with Gasteiger partial charge in [-0.25, -0.2) is 4.79 Å². The number of hydrogen-bond donors (Lipinski definition) is 2. The van der Waals surface area contributed by atoms with Crippen LogP contribution in [0.5, 0.6) is 5.75 Å². The van der Waals surface area contributed by atoms with Crippen molar-refractivity contribution in [3.05, 3.63) is 64.8 Å². The number of aromatic nitrogens is 2. The lowest BCUT2D eigenvalue weighted by molar-refractivity contribution is -0.113. The Morgan fingerprint density at radius 2 is 1.96 bits per heavy atom. The van der Waals surface area contributed by atoms with Crippen LogP contribution in [0.3, 0.4) is 0 Å². The van der Waals surface area contributed by atoms with E-state index in [1.807, 2.05) is 18.2 Å². The van der Waals surface area contributed by atoms with E-state index >= 15 is 0 Å². The molecule has 2 N–H and O–H groups in total. The summed E-state index contributed by atoms with van der Waals surface area (Å²) >= 11 is 6.43. The van der Waals surface area contributed by atoms with Crippen LogP contribution < -0.4 is 4.90 Å². The molecule has 3 aromatic rings. The largest absolute Gasteiger partial charge is 0.507 e. The van der Waals surface area contributed by atoms with Crippen molar-refractivity contribution in [3.63, 3.8) is 0 Å². The molecule has 138 valence electrons. The summed E-state index contributed by atoms with van der Waals surface area (Å²) in [6, 6.07) is 9.36. The number of nitrogens with zero attached hydrogens (tertiary/aromatic N) is 3. The van der Waals surface area contributed by atoms with Gasteiger partial charge in [0, 0.05) is 18.0 Å². The SMILES string of the molecule is O=C(O)c1cc(N2C(=O)C(=Cc3cccc4nccnc34)SC2=S)ccc1O. The summed E-state index contributed by atoms with van der Waals surface area (Å²) < 4.78 is 0.268. The fourth-order valence-electron chi connectivity index (χ4n) is 2.80. The third-order valence-corrected chi connectivity index (χ3v) is 5.38. The zero-order chi connectivity index (χ0) is 19.8. The molecule has 1 saturated heterocycles. The molecule has 0 spiro atoms. The number of hydrogen-bond acceptors (Lipinski definition) is 7. The van der Waals surface area contributed by atoms with Crippen molar-refractivity contribution in [1.82, 2.24) is 9.97 Å². The predicted octanol–water partition coefficient (Wildman–Crippen LogP) is 3.44. The molecule has 0 atom stereocenters. The van der Waals surface area contributed by atoms with Gasteiger partial charge in [0.2, 0.25) is 0 Å².